The Morgan fingerprint density at radius 3 is 2.19 bits per heavy atom. The van der Waals surface area contributed by atoms with Gasteiger partial charge in [-0.05, 0) is 43.9 Å². The van der Waals surface area contributed by atoms with Gasteiger partial charge in [0.15, 0.2) is 9.84 Å². The molecule has 6 nitrogen and oxygen atoms in total. The highest BCUT2D eigenvalue weighted by atomic mass is 32.2. The number of sulfonamides is 1. The average Bonchev–Trinajstić information content (AvgIpc) is 2.88. The van der Waals surface area contributed by atoms with Crippen molar-refractivity contribution in [3.05, 3.63) is 24.3 Å². The van der Waals surface area contributed by atoms with Crippen LogP contribution < -0.4 is 0 Å². The Morgan fingerprint density at radius 1 is 0.852 bits per heavy atom. The number of sulfone groups is 1. The second-order valence-corrected chi connectivity index (χ2v) is 11.7. The predicted molar refractivity (Wildman–Crippen MR) is 106 cm³/mol. The SMILES string of the molecule is CS(=O)(=O)c1ccccc1S(=O)(=O)N1CCCN(CC2CCCCC2)CC1. The summed E-state index contributed by atoms with van der Waals surface area (Å²) in [5.41, 5.74) is 0. The zero-order valence-electron chi connectivity index (χ0n) is 16.0. The van der Waals surface area contributed by atoms with Gasteiger partial charge in [-0.3, -0.25) is 0 Å². The average molecular weight is 415 g/mol. The molecule has 8 heteroatoms. The molecule has 1 aromatic carbocycles. The van der Waals surface area contributed by atoms with Crippen LogP contribution in [0.25, 0.3) is 0 Å². The molecule has 2 aliphatic rings. The van der Waals surface area contributed by atoms with Gasteiger partial charge in [-0.1, -0.05) is 31.4 Å². The maximum atomic E-state index is 13.1. The van der Waals surface area contributed by atoms with Crippen LogP contribution in [0.1, 0.15) is 38.5 Å². The summed E-state index contributed by atoms with van der Waals surface area (Å²) in [6.07, 6.45) is 8.33. The molecule has 1 saturated heterocycles. The smallest absolute Gasteiger partial charge is 0.244 e. The molecule has 0 N–H and O–H groups in total. The van der Waals surface area contributed by atoms with Crippen molar-refractivity contribution < 1.29 is 16.8 Å². The van der Waals surface area contributed by atoms with Gasteiger partial charge in [0.05, 0.1) is 4.90 Å². The summed E-state index contributed by atoms with van der Waals surface area (Å²) in [6, 6.07) is 5.91. The van der Waals surface area contributed by atoms with Crippen molar-refractivity contribution in [1.29, 1.82) is 0 Å². The standard InChI is InChI=1S/C19H30N2O4S2/c1-26(22,23)18-10-5-6-11-19(18)27(24,25)21-13-7-12-20(14-15-21)16-17-8-3-2-4-9-17/h5-6,10-11,17H,2-4,7-9,12-16H2,1H3. The third-order valence-corrected chi connectivity index (χ3v) is 8.90. The lowest BCUT2D eigenvalue weighted by molar-refractivity contribution is 0.208. The second-order valence-electron chi connectivity index (χ2n) is 7.78. The van der Waals surface area contributed by atoms with Crippen molar-refractivity contribution in [1.82, 2.24) is 9.21 Å². The first-order chi connectivity index (χ1) is 12.8. The molecule has 0 unspecified atom stereocenters. The fourth-order valence-electron chi connectivity index (χ4n) is 4.21. The summed E-state index contributed by atoms with van der Waals surface area (Å²) < 4.78 is 51.8. The molecule has 0 aromatic heterocycles. The van der Waals surface area contributed by atoms with E-state index in [0.29, 0.717) is 19.6 Å². The molecule has 3 rings (SSSR count). The second kappa shape index (κ2) is 8.59. The molecule has 1 aromatic rings. The molecular formula is C19H30N2O4S2. The van der Waals surface area contributed by atoms with Crippen LogP contribution in [0.5, 0.6) is 0 Å². The first-order valence-electron chi connectivity index (χ1n) is 9.80. The third-order valence-electron chi connectivity index (χ3n) is 5.66. The lowest BCUT2D eigenvalue weighted by Crippen LogP contribution is -2.37. The van der Waals surface area contributed by atoms with Gasteiger partial charge in [0.1, 0.15) is 4.90 Å². The fourth-order valence-corrected chi connectivity index (χ4v) is 7.29. The highest BCUT2D eigenvalue weighted by Crippen LogP contribution is 2.27. The normalized spacial score (nSPS) is 21.8. The molecule has 152 valence electrons. The molecule has 0 bridgehead atoms. The Hall–Kier alpha value is -0.960. The molecule has 0 atom stereocenters. The van der Waals surface area contributed by atoms with E-state index in [4.69, 9.17) is 0 Å². The van der Waals surface area contributed by atoms with Gasteiger partial charge in [-0.25, -0.2) is 16.8 Å². The molecule has 2 fully saturated rings. The van der Waals surface area contributed by atoms with Gasteiger partial charge in [0.2, 0.25) is 10.0 Å². The molecule has 27 heavy (non-hydrogen) atoms. The lowest BCUT2D eigenvalue weighted by atomic mass is 9.89. The minimum Gasteiger partial charge on any atom is -0.302 e. The van der Waals surface area contributed by atoms with E-state index in [1.165, 1.54) is 48.5 Å². The van der Waals surface area contributed by atoms with Crippen LogP contribution in [-0.4, -0.2) is 65.0 Å². The Balaban J connectivity index is 1.73. The van der Waals surface area contributed by atoms with E-state index < -0.39 is 19.9 Å². The summed E-state index contributed by atoms with van der Waals surface area (Å²) >= 11 is 0. The number of nitrogens with zero attached hydrogens (tertiary/aromatic N) is 2. The van der Waals surface area contributed by atoms with Crippen molar-refractivity contribution in [3.8, 4) is 0 Å². The van der Waals surface area contributed by atoms with Crippen LogP contribution in [0.2, 0.25) is 0 Å². The molecule has 0 amide bonds. The van der Waals surface area contributed by atoms with Crippen LogP contribution in [0.15, 0.2) is 34.1 Å². The van der Waals surface area contributed by atoms with Crippen molar-refractivity contribution >= 4 is 19.9 Å². The van der Waals surface area contributed by atoms with Gasteiger partial charge < -0.3 is 4.90 Å². The zero-order chi connectivity index (χ0) is 19.5. The lowest BCUT2D eigenvalue weighted by Gasteiger charge is -2.28. The van der Waals surface area contributed by atoms with Crippen LogP contribution in [-0.2, 0) is 19.9 Å². The molecule has 1 saturated carbocycles. The monoisotopic (exact) mass is 414 g/mol. The molecule has 1 aliphatic carbocycles. The van der Waals surface area contributed by atoms with E-state index in [1.807, 2.05) is 0 Å². The van der Waals surface area contributed by atoms with Gasteiger partial charge in [0, 0.05) is 32.4 Å². The third kappa shape index (κ3) is 5.10. The molecular weight excluding hydrogens is 384 g/mol. The molecule has 0 radical (unpaired) electrons. The number of rotatable bonds is 5. The van der Waals surface area contributed by atoms with Crippen molar-refractivity contribution in [2.24, 2.45) is 5.92 Å². The van der Waals surface area contributed by atoms with E-state index in [2.05, 4.69) is 4.90 Å². The van der Waals surface area contributed by atoms with Gasteiger partial charge in [-0.15, -0.1) is 0 Å². The first-order valence-corrected chi connectivity index (χ1v) is 13.1. The zero-order valence-corrected chi connectivity index (χ0v) is 17.6. The van der Waals surface area contributed by atoms with E-state index >= 15 is 0 Å². The van der Waals surface area contributed by atoms with E-state index in [9.17, 15) is 16.8 Å². The highest BCUT2D eigenvalue weighted by Gasteiger charge is 2.31. The Bertz CT molecular complexity index is 846. The Labute approximate surface area is 163 Å². The minimum absolute atomic E-state index is 0.103. The van der Waals surface area contributed by atoms with E-state index in [0.717, 1.165) is 31.7 Å². The molecule has 1 aliphatic heterocycles. The van der Waals surface area contributed by atoms with Gasteiger partial charge in [0.25, 0.3) is 0 Å². The fraction of sp³-hybridized carbons (Fsp3) is 0.684. The summed E-state index contributed by atoms with van der Waals surface area (Å²) in [4.78, 5) is 2.16. The topological polar surface area (TPSA) is 74.8 Å². The van der Waals surface area contributed by atoms with E-state index in [1.54, 1.807) is 12.1 Å². The minimum atomic E-state index is -3.83. The summed E-state index contributed by atoms with van der Waals surface area (Å²) in [5.74, 6) is 0.730. The van der Waals surface area contributed by atoms with Gasteiger partial charge in [-0.2, -0.15) is 4.31 Å². The Kier molecular flexibility index (Phi) is 6.61. The number of benzene rings is 1. The summed E-state index contributed by atoms with van der Waals surface area (Å²) in [7, 11) is -7.44. The first kappa shape index (κ1) is 20.8. The maximum Gasteiger partial charge on any atom is 0.244 e. The van der Waals surface area contributed by atoms with Gasteiger partial charge >= 0.3 is 0 Å². The van der Waals surface area contributed by atoms with E-state index in [-0.39, 0.29) is 9.79 Å². The number of hydrogen-bond donors (Lipinski definition) is 0. The summed E-state index contributed by atoms with van der Waals surface area (Å²) in [5, 5.41) is 0. The Morgan fingerprint density at radius 2 is 1.52 bits per heavy atom. The quantitative estimate of drug-likeness (QED) is 0.739. The predicted octanol–water partition coefficient (Wildman–Crippen LogP) is 2.37. The van der Waals surface area contributed by atoms with Crippen LogP contribution >= 0.6 is 0 Å². The molecule has 1 heterocycles. The van der Waals surface area contributed by atoms with Crippen molar-refractivity contribution in [2.75, 3.05) is 39.0 Å². The molecule has 0 spiro atoms. The maximum absolute atomic E-state index is 13.1. The van der Waals surface area contributed by atoms with Crippen LogP contribution in [0.3, 0.4) is 0 Å². The van der Waals surface area contributed by atoms with Crippen molar-refractivity contribution in [2.45, 2.75) is 48.3 Å². The van der Waals surface area contributed by atoms with Crippen LogP contribution in [0.4, 0.5) is 0 Å². The highest BCUT2D eigenvalue weighted by molar-refractivity contribution is 7.93. The number of hydrogen-bond acceptors (Lipinski definition) is 5. The van der Waals surface area contributed by atoms with Crippen molar-refractivity contribution in [3.63, 3.8) is 0 Å². The summed E-state index contributed by atoms with van der Waals surface area (Å²) in [6.45, 7) is 3.50. The largest absolute Gasteiger partial charge is 0.302 e. The van der Waals surface area contributed by atoms with Crippen LogP contribution in [0, 0.1) is 5.92 Å².